The Bertz CT molecular complexity index is 247. The van der Waals surface area contributed by atoms with E-state index in [4.69, 9.17) is 4.74 Å². The van der Waals surface area contributed by atoms with Gasteiger partial charge in [-0.25, -0.2) is 0 Å². The molecule has 16 heavy (non-hydrogen) atoms. The molecule has 5 heteroatoms. The number of piperazine rings is 2. The number of nitrogens with one attached hydrogen (secondary N) is 1. The second-order valence-electron chi connectivity index (χ2n) is 4.52. The van der Waals surface area contributed by atoms with Crippen LogP contribution in [0.4, 0.5) is 0 Å². The Morgan fingerprint density at radius 2 is 2.38 bits per heavy atom. The zero-order valence-corrected chi connectivity index (χ0v) is 9.95. The summed E-state index contributed by atoms with van der Waals surface area (Å²) in [6, 6.07) is 0.373. The van der Waals surface area contributed by atoms with Gasteiger partial charge in [-0.1, -0.05) is 0 Å². The Hall–Kier alpha value is -0.650. The lowest BCUT2D eigenvalue weighted by molar-refractivity contribution is -0.137. The highest BCUT2D eigenvalue weighted by Crippen LogP contribution is 2.12. The van der Waals surface area contributed by atoms with Crippen molar-refractivity contribution in [3.05, 3.63) is 0 Å². The highest BCUT2D eigenvalue weighted by Gasteiger charge is 2.32. The summed E-state index contributed by atoms with van der Waals surface area (Å²) in [6.45, 7) is 6.24. The Morgan fingerprint density at radius 1 is 1.50 bits per heavy atom. The van der Waals surface area contributed by atoms with Crippen LogP contribution >= 0.6 is 0 Å². The zero-order valence-electron chi connectivity index (χ0n) is 9.95. The lowest BCUT2D eigenvalue weighted by atomic mass is 10.1. The molecule has 1 atom stereocenters. The second-order valence-corrected chi connectivity index (χ2v) is 4.52. The molecule has 0 radical (unpaired) electrons. The maximum absolute atomic E-state index is 11.6. The van der Waals surface area contributed by atoms with Gasteiger partial charge in [0.05, 0.1) is 12.6 Å². The van der Waals surface area contributed by atoms with E-state index in [0.717, 1.165) is 45.8 Å². The molecule has 2 aliphatic heterocycles. The van der Waals surface area contributed by atoms with Crippen LogP contribution in [0.3, 0.4) is 0 Å². The van der Waals surface area contributed by atoms with Crippen LogP contribution < -0.4 is 5.32 Å². The number of methoxy groups -OCH3 is 1. The molecular formula is C11H21N3O2. The molecule has 5 nitrogen and oxygen atoms in total. The van der Waals surface area contributed by atoms with E-state index in [2.05, 4.69) is 10.2 Å². The Morgan fingerprint density at radius 3 is 3.19 bits per heavy atom. The van der Waals surface area contributed by atoms with Crippen LogP contribution in [0.2, 0.25) is 0 Å². The second kappa shape index (κ2) is 5.61. The maximum Gasteiger partial charge on any atom is 0.236 e. The van der Waals surface area contributed by atoms with Crippen LogP contribution in [-0.4, -0.2) is 74.7 Å². The molecule has 2 fully saturated rings. The van der Waals surface area contributed by atoms with Crippen molar-refractivity contribution < 1.29 is 9.53 Å². The number of hydrogen-bond donors (Lipinski definition) is 1. The molecule has 2 rings (SSSR count). The molecule has 1 amide bonds. The molecule has 1 unspecified atom stereocenters. The average Bonchev–Trinajstić information content (AvgIpc) is 2.30. The number of fused-ring (bicyclic) bond motifs is 1. The van der Waals surface area contributed by atoms with E-state index in [1.807, 2.05) is 4.90 Å². The van der Waals surface area contributed by atoms with Gasteiger partial charge in [0.25, 0.3) is 0 Å². The van der Waals surface area contributed by atoms with Crippen molar-refractivity contribution in [2.24, 2.45) is 0 Å². The summed E-state index contributed by atoms with van der Waals surface area (Å²) in [7, 11) is 1.74. The van der Waals surface area contributed by atoms with Gasteiger partial charge in [-0.15, -0.1) is 0 Å². The average molecular weight is 227 g/mol. The van der Waals surface area contributed by atoms with Crippen LogP contribution in [0.25, 0.3) is 0 Å². The smallest absolute Gasteiger partial charge is 0.236 e. The van der Waals surface area contributed by atoms with E-state index in [0.29, 0.717) is 12.6 Å². The number of nitrogens with zero attached hydrogens (tertiary/aromatic N) is 2. The van der Waals surface area contributed by atoms with Crippen LogP contribution in [0, 0.1) is 0 Å². The molecule has 2 heterocycles. The van der Waals surface area contributed by atoms with Crippen LogP contribution in [0.15, 0.2) is 0 Å². The third-order valence-corrected chi connectivity index (χ3v) is 3.37. The van der Waals surface area contributed by atoms with Gasteiger partial charge in [-0.3, -0.25) is 9.69 Å². The quantitative estimate of drug-likeness (QED) is 0.635. The van der Waals surface area contributed by atoms with E-state index in [1.165, 1.54) is 0 Å². The summed E-state index contributed by atoms with van der Waals surface area (Å²) in [6.07, 6.45) is 1.07. The zero-order chi connectivity index (χ0) is 11.4. The van der Waals surface area contributed by atoms with E-state index in [9.17, 15) is 4.79 Å². The highest BCUT2D eigenvalue weighted by atomic mass is 16.5. The van der Waals surface area contributed by atoms with Gasteiger partial charge in [-0.2, -0.15) is 0 Å². The number of amides is 1. The van der Waals surface area contributed by atoms with Crippen LogP contribution in [0.5, 0.6) is 0 Å². The van der Waals surface area contributed by atoms with E-state index >= 15 is 0 Å². The minimum atomic E-state index is 0.257. The Kier molecular flexibility index (Phi) is 4.15. The topological polar surface area (TPSA) is 44.8 Å². The summed E-state index contributed by atoms with van der Waals surface area (Å²) in [5.41, 5.74) is 0. The monoisotopic (exact) mass is 227 g/mol. The minimum Gasteiger partial charge on any atom is -0.385 e. The molecule has 0 saturated carbocycles. The largest absolute Gasteiger partial charge is 0.385 e. The fourth-order valence-electron chi connectivity index (χ4n) is 2.51. The van der Waals surface area contributed by atoms with Crippen molar-refractivity contribution in [1.82, 2.24) is 15.1 Å². The third kappa shape index (κ3) is 2.72. The van der Waals surface area contributed by atoms with Crippen molar-refractivity contribution >= 4 is 5.91 Å². The molecule has 92 valence electrons. The first-order valence-electron chi connectivity index (χ1n) is 6.02. The van der Waals surface area contributed by atoms with E-state index in [1.54, 1.807) is 7.11 Å². The fraction of sp³-hybridized carbons (Fsp3) is 0.909. The minimum absolute atomic E-state index is 0.257. The molecule has 0 aromatic heterocycles. The maximum atomic E-state index is 11.6. The van der Waals surface area contributed by atoms with Crippen molar-refractivity contribution in [2.75, 3.05) is 53.0 Å². The van der Waals surface area contributed by atoms with Gasteiger partial charge in [0.15, 0.2) is 0 Å². The SMILES string of the molecule is COCCCN1CCN2C(=O)CNCC2C1. The van der Waals surface area contributed by atoms with E-state index < -0.39 is 0 Å². The molecule has 2 saturated heterocycles. The van der Waals surface area contributed by atoms with Gasteiger partial charge in [0.2, 0.25) is 5.91 Å². The molecule has 0 aromatic carbocycles. The van der Waals surface area contributed by atoms with Crippen molar-refractivity contribution in [2.45, 2.75) is 12.5 Å². The number of ether oxygens (including phenoxy) is 1. The first-order chi connectivity index (χ1) is 7.81. The van der Waals surface area contributed by atoms with Gasteiger partial charge >= 0.3 is 0 Å². The molecule has 0 aliphatic carbocycles. The molecule has 1 N–H and O–H groups in total. The van der Waals surface area contributed by atoms with Crippen molar-refractivity contribution in [1.29, 1.82) is 0 Å². The summed E-state index contributed by atoms with van der Waals surface area (Å²) in [5.74, 6) is 0.257. The summed E-state index contributed by atoms with van der Waals surface area (Å²) >= 11 is 0. The fourth-order valence-corrected chi connectivity index (χ4v) is 2.51. The lowest BCUT2D eigenvalue weighted by Crippen LogP contribution is -2.63. The number of hydrogen-bond acceptors (Lipinski definition) is 4. The van der Waals surface area contributed by atoms with Crippen molar-refractivity contribution in [3.63, 3.8) is 0 Å². The molecular weight excluding hydrogens is 206 g/mol. The first kappa shape index (κ1) is 11.8. The van der Waals surface area contributed by atoms with Gasteiger partial charge in [-0.05, 0) is 6.42 Å². The molecule has 0 bridgehead atoms. The van der Waals surface area contributed by atoms with Gasteiger partial charge in [0.1, 0.15) is 0 Å². The normalized spacial score (nSPS) is 26.9. The van der Waals surface area contributed by atoms with Crippen LogP contribution in [-0.2, 0) is 9.53 Å². The standard InChI is InChI=1S/C11H21N3O2/c1-16-6-2-3-13-4-5-14-10(9-13)7-12-8-11(14)15/h10,12H,2-9H2,1H3. The van der Waals surface area contributed by atoms with E-state index in [-0.39, 0.29) is 5.91 Å². The Labute approximate surface area is 96.7 Å². The Balaban J connectivity index is 1.78. The number of carbonyl (C=O) groups is 1. The number of carbonyl (C=O) groups excluding carboxylic acids is 1. The predicted octanol–water partition coefficient (Wildman–Crippen LogP) is -0.861. The van der Waals surface area contributed by atoms with Crippen molar-refractivity contribution in [3.8, 4) is 0 Å². The first-order valence-corrected chi connectivity index (χ1v) is 6.02. The van der Waals surface area contributed by atoms with Crippen LogP contribution in [0.1, 0.15) is 6.42 Å². The number of rotatable bonds is 4. The molecule has 2 aliphatic rings. The summed E-state index contributed by atoms with van der Waals surface area (Å²) < 4.78 is 5.05. The summed E-state index contributed by atoms with van der Waals surface area (Å²) in [5, 5.41) is 3.18. The highest BCUT2D eigenvalue weighted by molar-refractivity contribution is 5.79. The van der Waals surface area contributed by atoms with Gasteiger partial charge in [0, 0.05) is 46.4 Å². The third-order valence-electron chi connectivity index (χ3n) is 3.37. The predicted molar refractivity (Wildman–Crippen MR) is 61.3 cm³/mol. The molecule has 0 spiro atoms. The molecule has 0 aromatic rings. The summed E-state index contributed by atoms with van der Waals surface area (Å²) in [4.78, 5) is 16.1. The van der Waals surface area contributed by atoms with Gasteiger partial charge < -0.3 is 15.0 Å². The lowest BCUT2D eigenvalue weighted by Gasteiger charge is -2.44.